The highest BCUT2D eigenvalue weighted by Gasteiger charge is 2.42. The minimum atomic E-state index is -0.151. The Hall–Kier alpha value is -3.09. The van der Waals surface area contributed by atoms with Crippen LogP contribution in [0.3, 0.4) is 0 Å². The molecule has 2 atom stereocenters. The molecule has 5 rings (SSSR count). The lowest BCUT2D eigenvalue weighted by molar-refractivity contribution is 0.383. The fourth-order valence-corrected chi connectivity index (χ4v) is 5.24. The standard InChI is InChI=1S/C27H25N3OS2/c1-18(2)19-11-13-20(14-12-19)30-26(25(29-27(30)32)22-10-6-7-17-28-22)23-15-16-24(31-23)33-21-8-4-3-5-9-21/h3-18,25-26H,1-2H3,(H,29,32). The number of rotatable bonds is 6. The van der Waals surface area contributed by atoms with Crippen LogP contribution in [0, 0.1) is 0 Å². The van der Waals surface area contributed by atoms with Gasteiger partial charge in [0.25, 0.3) is 0 Å². The molecule has 1 aliphatic heterocycles. The third kappa shape index (κ3) is 4.54. The van der Waals surface area contributed by atoms with Crippen LogP contribution < -0.4 is 10.2 Å². The lowest BCUT2D eigenvalue weighted by atomic mass is 10.0. The maximum absolute atomic E-state index is 6.38. The number of hydrogen-bond donors (Lipinski definition) is 1. The van der Waals surface area contributed by atoms with Crippen molar-refractivity contribution in [3.63, 3.8) is 0 Å². The highest BCUT2D eigenvalue weighted by molar-refractivity contribution is 7.99. The first-order valence-electron chi connectivity index (χ1n) is 11.0. The smallest absolute Gasteiger partial charge is 0.174 e. The molecule has 0 saturated carbocycles. The van der Waals surface area contributed by atoms with Crippen LogP contribution in [0.4, 0.5) is 5.69 Å². The number of furan rings is 1. The normalized spacial score (nSPS) is 18.0. The van der Waals surface area contributed by atoms with Gasteiger partial charge in [0.2, 0.25) is 0 Å². The number of anilines is 1. The van der Waals surface area contributed by atoms with E-state index in [0.717, 1.165) is 27.1 Å². The van der Waals surface area contributed by atoms with Crippen molar-refractivity contribution in [2.45, 2.75) is 41.8 Å². The van der Waals surface area contributed by atoms with Crippen LogP contribution in [0.15, 0.2) is 106 Å². The van der Waals surface area contributed by atoms with E-state index >= 15 is 0 Å². The van der Waals surface area contributed by atoms with Crippen molar-refractivity contribution >= 4 is 34.8 Å². The number of aromatic nitrogens is 1. The SMILES string of the molecule is CC(C)c1ccc(N2C(=S)NC(c3ccccn3)C2c2ccc(Sc3ccccc3)o2)cc1. The molecule has 2 aromatic heterocycles. The highest BCUT2D eigenvalue weighted by Crippen LogP contribution is 2.43. The summed E-state index contributed by atoms with van der Waals surface area (Å²) < 4.78 is 6.38. The number of thiocarbonyl (C=S) groups is 1. The molecule has 1 fully saturated rings. The van der Waals surface area contributed by atoms with Crippen LogP contribution in [0.5, 0.6) is 0 Å². The quantitative estimate of drug-likeness (QED) is 0.302. The molecule has 1 saturated heterocycles. The predicted octanol–water partition coefficient (Wildman–Crippen LogP) is 7.13. The van der Waals surface area contributed by atoms with Gasteiger partial charge in [-0.25, -0.2) is 0 Å². The Labute approximate surface area is 204 Å². The molecular weight excluding hydrogens is 446 g/mol. The van der Waals surface area contributed by atoms with Crippen molar-refractivity contribution < 1.29 is 4.42 Å². The van der Waals surface area contributed by atoms with E-state index in [1.807, 2.05) is 48.7 Å². The molecule has 33 heavy (non-hydrogen) atoms. The molecular formula is C27H25N3OS2. The van der Waals surface area contributed by atoms with E-state index in [0.29, 0.717) is 11.0 Å². The van der Waals surface area contributed by atoms with Gasteiger partial charge >= 0.3 is 0 Å². The van der Waals surface area contributed by atoms with Crippen LogP contribution in [0.2, 0.25) is 0 Å². The van der Waals surface area contributed by atoms with E-state index in [-0.39, 0.29) is 12.1 Å². The molecule has 4 nitrogen and oxygen atoms in total. The number of pyridine rings is 1. The summed E-state index contributed by atoms with van der Waals surface area (Å²) in [6, 6.07) is 28.6. The summed E-state index contributed by atoms with van der Waals surface area (Å²) in [7, 11) is 0. The Morgan fingerprint density at radius 3 is 2.39 bits per heavy atom. The van der Waals surface area contributed by atoms with Crippen LogP contribution >= 0.6 is 24.0 Å². The average Bonchev–Trinajstić information content (AvgIpc) is 3.44. The van der Waals surface area contributed by atoms with Crippen LogP contribution in [-0.4, -0.2) is 10.1 Å². The molecule has 0 bridgehead atoms. The molecule has 0 amide bonds. The largest absolute Gasteiger partial charge is 0.452 e. The maximum Gasteiger partial charge on any atom is 0.174 e. The molecule has 166 valence electrons. The summed E-state index contributed by atoms with van der Waals surface area (Å²) in [5.41, 5.74) is 3.27. The molecule has 0 radical (unpaired) electrons. The van der Waals surface area contributed by atoms with Crippen molar-refractivity contribution in [3.05, 3.63) is 108 Å². The second-order valence-electron chi connectivity index (χ2n) is 8.31. The van der Waals surface area contributed by atoms with Gasteiger partial charge in [-0.05, 0) is 72.2 Å². The number of nitrogens with zero attached hydrogens (tertiary/aromatic N) is 2. The summed E-state index contributed by atoms with van der Waals surface area (Å²) in [5, 5.41) is 5.01. The third-order valence-corrected chi connectivity index (χ3v) is 7.03. The fraction of sp³-hybridized carbons (Fsp3) is 0.185. The minimum Gasteiger partial charge on any atom is -0.452 e. The van der Waals surface area contributed by atoms with Gasteiger partial charge < -0.3 is 14.6 Å². The first-order valence-corrected chi connectivity index (χ1v) is 12.3. The van der Waals surface area contributed by atoms with Crippen LogP contribution in [0.25, 0.3) is 0 Å². The first-order chi connectivity index (χ1) is 16.1. The molecule has 3 heterocycles. The summed E-state index contributed by atoms with van der Waals surface area (Å²) in [6.45, 7) is 4.40. The molecule has 6 heteroatoms. The molecule has 1 aliphatic rings. The second-order valence-corrected chi connectivity index (χ2v) is 9.78. The van der Waals surface area contributed by atoms with Gasteiger partial charge in [0, 0.05) is 16.8 Å². The Balaban J connectivity index is 1.52. The average molecular weight is 472 g/mol. The zero-order valence-corrected chi connectivity index (χ0v) is 20.1. The van der Waals surface area contributed by atoms with Gasteiger partial charge in [0.05, 0.1) is 11.7 Å². The van der Waals surface area contributed by atoms with E-state index in [9.17, 15) is 0 Å². The molecule has 1 N–H and O–H groups in total. The zero-order chi connectivity index (χ0) is 22.8. The summed E-state index contributed by atoms with van der Waals surface area (Å²) in [4.78, 5) is 7.90. The van der Waals surface area contributed by atoms with Crippen molar-refractivity contribution in [2.75, 3.05) is 4.90 Å². The lowest BCUT2D eigenvalue weighted by Crippen LogP contribution is -2.29. The Morgan fingerprint density at radius 2 is 1.70 bits per heavy atom. The van der Waals surface area contributed by atoms with E-state index in [4.69, 9.17) is 16.6 Å². The first kappa shape index (κ1) is 21.7. The molecule has 0 spiro atoms. The topological polar surface area (TPSA) is 41.3 Å². The van der Waals surface area contributed by atoms with Gasteiger partial charge in [0.1, 0.15) is 11.8 Å². The van der Waals surface area contributed by atoms with Gasteiger partial charge in [-0.1, -0.05) is 62.0 Å². The Bertz CT molecular complexity index is 1220. The summed E-state index contributed by atoms with van der Waals surface area (Å²) in [5.74, 6) is 1.33. The van der Waals surface area contributed by atoms with Crippen molar-refractivity contribution in [1.29, 1.82) is 0 Å². The van der Waals surface area contributed by atoms with Crippen LogP contribution in [0.1, 0.15) is 48.9 Å². The predicted molar refractivity (Wildman–Crippen MR) is 138 cm³/mol. The van der Waals surface area contributed by atoms with Crippen molar-refractivity contribution in [1.82, 2.24) is 10.3 Å². The number of hydrogen-bond acceptors (Lipinski definition) is 4. The molecule has 0 aliphatic carbocycles. The minimum absolute atomic E-state index is 0.121. The second kappa shape index (κ2) is 9.41. The van der Waals surface area contributed by atoms with Gasteiger partial charge in [-0.2, -0.15) is 0 Å². The zero-order valence-electron chi connectivity index (χ0n) is 18.5. The van der Waals surface area contributed by atoms with E-state index in [2.05, 4.69) is 71.5 Å². The third-order valence-electron chi connectivity index (χ3n) is 5.79. The van der Waals surface area contributed by atoms with E-state index < -0.39 is 0 Å². The fourth-order valence-electron chi connectivity index (χ4n) is 4.09. The Morgan fingerprint density at radius 1 is 0.939 bits per heavy atom. The molecule has 2 aromatic carbocycles. The lowest BCUT2D eigenvalue weighted by Gasteiger charge is -2.26. The van der Waals surface area contributed by atoms with Crippen molar-refractivity contribution in [2.24, 2.45) is 0 Å². The molecule has 2 unspecified atom stereocenters. The van der Waals surface area contributed by atoms with Gasteiger partial charge in [0.15, 0.2) is 10.2 Å². The van der Waals surface area contributed by atoms with Crippen molar-refractivity contribution in [3.8, 4) is 0 Å². The summed E-state index contributed by atoms with van der Waals surface area (Å²) in [6.07, 6.45) is 1.82. The number of benzene rings is 2. The maximum atomic E-state index is 6.38. The van der Waals surface area contributed by atoms with Gasteiger partial charge in [-0.3, -0.25) is 4.98 Å². The van der Waals surface area contributed by atoms with Gasteiger partial charge in [-0.15, -0.1) is 0 Å². The Kier molecular flexibility index (Phi) is 6.20. The summed E-state index contributed by atoms with van der Waals surface area (Å²) >= 11 is 7.43. The monoisotopic (exact) mass is 471 g/mol. The van der Waals surface area contributed by atoms with Crippen LogP contribution in [-0.2, 0) is 0 Å². The molecule has 4 aromatic rings. The highest BCUT2D eigenvalue weighted by atomic mass is 32.2. The number of nitrogens with one attached hydrogen (secondary N) is 1. The van der Waals surface area contributed by atoms with E-state index in [1.54, 1.807) is 11.8 Å². The van der Waals surface area contributed by atoms with E-state index in [1.165, 1.54) is 5.56 Å².